The lowest BCUT2D eigenvalue weighted by molar-refractivity contribution is 0.109. The number of ether oxygens (including phenoxy) is 1. The van der Waals surface area contributed by atoms with Crippen molar-refractivity contribution in [2.24, 2.45) is 5.92 Å². The molecule has 0 radical (unpaired) electrons. The first-order valence-corrected chi connectivity index (χ1v) is 5.29. The van der Waals surface area contributed by atoms with Crippen LogP contribution >= 0.6 is 0 Å². The largest absolute Gasteiger partial charge is 0.374 e. The molecule has 0 saturated carbocycles. The third-order valence-corrected chi connectivity index (χ3v) is 3.01. The smallest absolute Gasteiger partial charge is 0.231 e. The van der Waals surface area contributed by atoms with Crippen LogP contribution in [0.2, 0.25) is 0 Å². The lowest BCUT2D eigenvalue weighted by Gasteiger charge is -2.07. The van der Waals surface area contributed by atoms with Gasteiger partial charge in [0.15, 0.2) is 5.82 Å². The Morgan fingerprint density at radius 2 is 2.33 bits per heavy atom. The van der Waals surface area contributed by atoms with Crippen LogP contribution in [0.4, 0.5) is 0 Å². The quantitative estimate of drug-likeness (QED) is 0.811. The van der Waals surface area contributed by atoms with Gasteiger partial charge in [-0.1, -0.05) is 12.1 Å². The molecule has 0 amide bonds. The van der Waals surface area contributed by atoms with E-state index in [9.17, 15) is 0 Å². The van der Waals surface area contributed by atoms with Crippen LogP contribution in [0.5, 0.6) is 0 Å². The van der Waals surface area contributed by atoms with Gasteiger partial charge in [-0.2, -0.15) is 4.98 Å². The summed E-state index contributed by atoms with van der Waals surface area (Å²) >= 11 is 0. The Hall–Kier alpha value is -0.940. The van der Waals surface area contributed by atoms with Crippen LogP contribution in [0.1, 0.15) is 37.6 Å². The second-order valence-electron chi connectivity index (χ2n) is 4.11. The van der Waals surface area contributed by atoms with Crippen molar-refractivity contribution in [3.8, 4) is 0 Å². The molecule has 0 spiro atoms. The van der Waals surface area contributed by atoms with Crippen LogP contribution in [-0.2, 0) is 4.74 Å². The number of rotatable bonds is 3. The molecule has 1 N–H and O–H groups in total. The summed E-state index contributed by atoms with van der Waals surface area (Å²) in [5, 5.41) is 7.24. The fraction of sp³-hybridized carbons (Fsp3) is 0.800. The Morgan fingerprint density at radius 1 is 1.53 bits per heavy atom. The summed E-state index contributed by atoms with van der Waals surface area (Å²) in [5.41, 5.74) is 0. The highest BCUT2D eigenvalue weighted by Gasteiger charge is 2.30. The maximum absolute atomic E-state index is 5.26. The highest BCUT2D eigenvalue weighted by molar-refractivity contribution is 5.01. The minimum Gasteiger partial charge on any atom is -0.374 e. The molecule has 3 unspecified atom stereocenters. The van der Waals surface area contributed by atoms with E-state index in [1.807, 2.05) is 6.92 Å². The van der Waals surface area contributed by atoms with Gasteiger partial charge in [0.2, 0.25) is 5.89 Å². The monoisotopic (exact) mass is 211 g/mol. The molecule has 84 valence electrons. The summed E-state index contributed by atoms with van der Waals surface area (Å²) in [6.07, 6.45) is -0.104. The van der Waals surface area contributed by atoms with Gasteiger partial charge >= 0.3 is 0 Å². The van der Waals surface area contributed by atoms with E-state index >= 15 is 0 Å². The van der Waals surface area contributed by atoms with Gasteiger partial charge in [-0.15, -0.1) is 0 Å². The number of aromatic nitrogens is 2. The van der Waals surface area contributed by atoms with Gasteiger partial charge < -0.3 is 14.6 Å². The minimum atomic E-state index is -0.104. The first-order valence-electron chi connectivity index (χ1n) is 5.29. The van der Waals surface area contributed by atoms with E-state index in [-0.39, 0.29) is 6.10 Å². The minimum absolute atomic E-state index is 0.104. The van der Waals surface area contributed by atoms with Crippen LogP contribution in [0, 0.1) is 5.92 Å². The van der Waals surface area contributed by atoms with Crippen LogP contribution < -0.4 is 5.32 Å². The van der Waals surface area contributed by atoms with E-state index < -0.39 is 0 Å². The van der Waals surface area contributed by atoms with Crippen molar-refractivity contribution in [2.75, 3.05) is 20.2 Å². The zero-order valence-corrected chi connectivity index (χ0v) is 9.36. The third-order valence-electron chi connectivity index (χ3n) is 3.01. The van der Waals surface area contributed by atoms with E-state index in [0.717, 1.165) is 19.0 Å². The van der Waals surface area contributed by atoms with E-state index in [1.54, 1.807) is 7.11 Å². The predicted octanol–water partition coefficient (Wildman–Crippen LogP) is 1.10. The Bertz CT molecular complexity index is 326. The molecule has 1 aliphatic heterocycles. The summed E-state index contributed by atoms with van der Waals surface area (Å²) in [7, 11) is 1.64. The Balaban J connectivity index is 2.12. The summed E-state index contributed by atoms with van der Waals surface area (Å²) in [6.45, 7) is 6.03. The lowest BCUT2D eigenvalue weighted by Crippen LogP contribution is -2.08. The molecule has 15 heavy (non-hydrogen) atoms. The second-order valence-corrected chi connectivity index (χ2v) is 4.11. The fourth-order valence-corrected chi connectivity index (χ4v) is 1.81. The number of hydrogen-bond acceptors (Lipinski definition) is 5. The molecular weight excluding hydrogens is 194 g/mol. The van der Waals surface area contributed by atoms with Crippen molar-refractivity contribution in [3.05, 3.63) is 11.7 Å². The standard InChI is InChI=1S/C10H17N3O2/c1-6-4-11-5-8(6)10-12-9(13-15-10)7(2)14-3/h6-8,11H,4-5H2,1-3H3. The summed E-state index contributed by atoms with van der Waals surface area (Å²) in [5.74, 6) is 2.25. The SMILES string of the molecule is COC(C)c1noc(C2CNCC2C)n1. The van der Waals surface area contributed by atoms with Crippen molar-refractivity contribution >= 4 is 0 Å². The molecule has 2 rings (SSSR count). The van der Waals surface area contributed by atoms with Gasteiger partial charge in [0.25, 0.3) is 0 Å². The molecule has 0 bridgehead atoms. The number of nitrogens with zero attached hydrogens (tertiary/aromatic N) is 2. The first kappa shape index (κ1) is 10.6. The molecule has 1 aromatic heterocycles. The molecule has 5 nitrogen and oxygen atoms in total. The van der Waals surface area contributed by atoms with Gasteiger partial charge in [-0.05, 0) is 19.4 Å². The molecule has 5 heteroatoms. The molecule has 1 aliphatic rings. The zero-order chi connectivity index (χ0) is 10.8. The Labute approximate surface area is 89.2 Å². The third kappa shape index (κ3) is 2.03. The van der Waals surface area contributed by atoms with Gasteiger partial charge in [0, 0.05) is 13.7 Å². The van der Waals surface area contributed by atoms with Crippen LogP contribution in [-0.4, -0.2) is 30.3 Å². The number of methoxy groups -OCH3 is 1. The fourth-order valence-electron chi connectivity index (χ4n) is 1.81. The molecule has 2 heterocycles. The molecule has 1 fully saturated rings. The molecule has 0 aromatic carbocycles. The average Bonchev–Trinajstić information content (AvgIpc) is 2.84. The van der Waals surface area contributed by atoms with Gasteiger partial charge in [-0.25, -0.2) is 0 Å². The van der Waals surface area contributed by atoms with E-state index in [2.05, 4.69) is 22.4 Å². The Kier molecular flexibility index (Phi) is 3.02. The van der Waals surface area contributed by atoms with Crippen molar-refractivity contribution < 1.29 is 9.26 Å². The maximum atomic E-state index is 5.26. The van der Waals surface area contributed by atoms with Crippen LogP contribution in [0.25, 0.3) is 0 Å². The first-order chi connectivity index (χ1) is 7.22. The molecule has 0 aliphatic carbocycles. The molecular formula is C10H17N3O2. The van der Waals surface area contributed by atoms with Gasteiger partial charge in [0.05, 0.1) is 5.92 Å². The maximum Gasteiger partial charge on any atom is 0.231 e. The van der Waals surface area contributed by atoms with Crippen molar-refractivity contribution in [1.82, 2.24) is 15.5 Å². The number of hydrogen-bond donors (Lipinski definition) is 1. The summed E-state index contributed by atoms with van der Waals surface area (Å²) < 4.78 is 10.4. The van der Waals surface area contributed by atoms with Crippen molar-refractivity contribution in [1.29, 1.82) is 0 Å². The highest BCUT2D eigenvalue weighted by atomic mass is 16.5. The second kappa shape index (κ2) is 4.28. The van der Waals surface area contributed by atoms with E-state index in [0.29, 0.717) is 17.7 Å². The molecule has 1 aromatic rings. The normalized spacial score (nSPS) is 28.2. The number of nitrogens with one attached hydrogen (secondary N) is 1. The van der Waals surface area contributed by atoms with Crippen molar-refractivity contribution in [3.63, 3.8) is 0 Å². The van der Waals surface area contributed by atoms with E-state index in [1.165, 1.54) is 0 Å². The van der Waals surface area contributed by atoms with Crippen LogP contribution in [0.15, 0.2) is 4.52 Å². The van der Waals surface area contributed by atoms with Gasteiger partial charge in [-0.3, -0.25) is 0 Å². The summed E-state index contributed by atoms with van der Waals surface area (Å²) in [6, 6.07) is 0. The summed E-state index contributed by atoms with van der Waals surface area (Å²) in [4.78, 5) is 4.37. The zero-order valence-electron chi connectivity index (χ0n) is 9.36. The van der Waals surface area contributed by atoms with Crippen molar-refractivity contribution in [2.45, 2.75) is 25.9 Å². The lowest BCUT2D eigenvalue weighted by atomic mass is 9.98. The highest BCUT2D eigenvalue weighted by Crippen LogP contribution is 2.27. The average molecular weight is 211 g/mol. The predicted molar refractivity (Wildman–Crippen MR) is 54.5 cm³/mol. The Morgan fingerprint density at radius 3 is 2.93 bits per heavy atom. The van der Waals surface area contributed by atoms with Crippen LogP contribution in [0.3, 0.4) is 0 Å². The molecule has 3 atom stereocenters. The van der Waals surface area contributed by atoms with Gasteiger partial charge in [0.1, 0.15) is 6.10 Å². The molecule has 1 saturated heterocycles. The topological polar surface area (TPSA) is 60.2 Å². The van der Waals surface area contributed by atoms with E-state index in [4.69, 9.17) is 9.26 Å².